The molecule has 0 spiro atoms. The number of carbonyl (C=O) groups is 1. The number of halogens is 1. The Morgan fingerprint density at radius 3 is 2.68 bits per heavy atom. The highest BCUT2D eigenvalue weighted by molar-refractivity contribution is 14.0. The molecule has 1 saturated carbocycles. The maximum atomic E-state index is 11.8. The smallest absolute Gasteiger partial charge is 0.258 e. The van der Waals surface area contributed by atoms with Crippen LogP contribution in [0.4, 0.5) is 5.00 Å². The first-order valence-electron chi connectivity index (χ1n) is 10.5. The third kappa shape index (κ3) is 6.99. The van der Waals surface area contributed by atoms with Gasteiger partial charge in [-0.2, -0.15) is 0 Å². The number of nitrogens with one attached hydrogen (secondary N) is 2. The number of rotatable bonds is 7. The van der Waals surface area contributed by atoms with Crippen LogP contribution < -0.4 is 20.3 Å². The minimum atomic E-state index is -0.0527. The molecule has 1 saturated heterocycles. The van der Waals surface area contributed by atoms with Crippen molar-refractivity contribution in [2.24, 2.45) is 4.99 Å². The van der Waals surface area contributed by atoms with E-state index in [-0.39, 0.29) is 36.5 Å². The van der Waals surface area contributed by atoms with Gasteiger partial charge in [0, 0.05) is 45.8 Å². The Labute approximate surface area is 204 Å². The van der Waals surface area contributed by atoms with Crippen LogP contribution in [0.15, 0.2) is 46.8 Å². The van der Waals surface area contributed by atoms with E-state index in [0.717, 1.165) is 50.5 Å². The Morgan fingerprint density at radius 1 is 1.19 bits per heavy atom. The number of aliphatic imine (C=N–C) groups is 1. The van der Waals surface area contributed by atoms with Crippen molar-refractivity contribution in [2.75, 3.05) is 44.7 Å². The highest BCUT2D eigenvalue weighted by Gasteiger charge is 2.23. The Kier molecular flexibility index (Phi) is 8.82. The third-order valence-corrected chi connectivity index (χ3v) is 6.20. The van der Waals surface area contributed by atoms with E-state index in [4.69, 9.17) is 4.74 Å². The molecule has 2 aromatic rings. The van der Waals surface area contributed by atoms with Crippen molar-refractivity contribution in [3.63, 3.8) is 0 Å². The summed E-state index contributed by atoms with van der Waals surface area (Å²) in [6.45, 7) is 4.58. The summed E-state index contributed by atoms with van der Waals surface area (Å²) in [5.41, 5.74) is 1.09. The molecule has 7 nitrogen and oxygen atoms in total. The zero-order valence-electron chi connectivity index (χ0n) is 17.8. The lowest BCUT2D eigenvalue weighted by atomic mass is 10.2. The molecule has 2 aliphatic rings. The van der Waals surface area contributed by atoms with Crippen LogP contribution in [0.25, 0.3) is 0 Å². The monoisotopic (exact) mass is 555 g/mol. The number of carbonyl (C=O) groups excluding carboxylic acids is 1. The van der Waals surface area contributed by atoms with Gasteiger partial charge in [-0.1, -0.05) is 12.1 Å². The topological polar surface area (TPSA) is 69.2 Å². The molecule has 0 unspecified atom stereocenters. The molecule has 1 aromatic carbocycles. The van der Waals surface area contributed by atoms with Gasteiger partial charge >= 0.3 is 0 Å². The molecule has 1 amide bonds. The number of thiophene rings is 1. The average molecular weight is 555 g/mol. The number of guanidine groups is 1. The Morgan fingerprint density at radius 2 is 2.00 bits per heavy atom. The SMILES string of the molecule is CN=C(NCc1cccc(OCC(=O)NC2CC2)c1)N1CCN(c2cccs2)CC1.I. The molecule has 0 bridgehead atoms. The maximum Gasteiger partial charge on any atom is 0.258 e. The van der Waals surface area contributed by atoms with Crippen molar-refractivity contribution in [3.05, 3.63) is 47.3 Å². The van der Waals surface area contributed by atoms with Gasteiger partial charge in [-0.15, -0.1) is 35.3 Å². The lowest BCUT2D eigenvalue weighted by Crippen LogP contribution is -2.52. The summed E-state index contributed by atoms with van der Waals surface area (Å²) in [5.74, 6) is 1.57. The predicted molar refractivity (Wildman–Crippen MR) is 137 cm³/mol. The largest absolute Gasteiger partial charge is 0.484 e. The molecule has 9 heteroatoms. The fraction of sp³-hybridized carbons (Fsp3) is 0.455. The normalized spacial score (nSPS) is 16.5. The fourth-order valence-electron chi connectivity index (χ4n) is 3.49. The van der Waals surface area contributed by atoms with E-state index in [2.05, 4.69) is 42.9 Å². The van der Waals surface area contributed by atoms with Gasteiger partial charge in [-0.3, -0.25) is 9.79 Å². The van der Waals surface area contributed by atoms with E-state index in [1.54, 1.807) is 11.3 Å². The van der Waals surface area contributed by atoms with Crippen LogP contribution in [0.3, 0.4) is 0 Å². The number of hydrogen-bond acceptors (Lipinski definition) is 5. The first kappa shape index (κ1) is 23.6. The average Bonchev–Trinajstić information content (AvgIpc) is 3.41. The summed E-state index contributed by atoms with van der Waals surface area (Å²) in [5, 5.41) is 9.85. The number of ether oxygens (including phenoxy) is 1. The summed E-state index contributed by atoms with van der Waals surface area (Å²) in [4.78, 5) is 21.0. The van der Waals surface area contributed by atoms with Crippen LogP contribution in [0.5, 0.6) is 5.75 Å². The summed E-state index contributed by atoms with van der Waals surface area (Å²) < 4.78 is 5.65. The van der Waals surface area contributed by atoms with E-state index < -0.39 is 0 Å². The molecule has 0 radical (unpaired) electrons. The number of nitrogens with zero attached hydrogens (tertiary/aromatic N) is 3. The first-order chi connectivity index (χ1) is 14.7. The summed E-state index contributed by atoms with van der Waals surface area (Å²) in [6.07, 6.45) is 2.16. The quantitative estimate of drug-likeness (QED) is 0.313. The lowest BCUT2D eigenvalue weighted by Gasteiger charge is -2.37. The third-order valence-electron chi connectivity index (χ3n) is 5.27. The molecule has 0 atom stereocenters. The Bertz CT molecular complexity index is 865. The van der Waals surface area contributed by atoms with Crippen LogP contribution >= 0.6 is 35.3 Å². The summed E-state index contributed by atoms with van der Waals surface area (Å²) >= 11 is 1.79. The fourth-order valence-corrected chi connectivity index (χ4v) is 4.28. The zero-order valence-corrected chi connectivity index (χ0v) is 20.9. The van der Waals surface area contributed by atoms with E-state index in [1.165, 1.54) is 5.00 Å². The van der Waals surface area contributed by atoms with Gasteiger partial charge in [0.2, 0.25) is 0 Å². The molecule has 1 aliphatic heterocycles. The minimum Gasteiger partial charge on any atom is -0.484 e. The molecule has 168 valence electrons. The van der Waals surface area contributed by atoms with Crippen molar-refractivity contribution < 1.29 is 9.53 Å². The van der Waals surface area contributed by atoms with Crippen LogP contribution in [0.2, 0.25) is 0 Å². The number of piperazine rings is 1. The van der Waals surface area contributed by atoms with Gasteiger partial charge in [0.25, 0.3) is 5.91 Å². The van der Waals surface area contributed by atoms with Gasteiger partial charge in [0.05, 0.1) is 5.00 Å². The van der Waals surface area contributed by atoms with E-state index >= 15 is 0 Å². The molecule has 2 N–H and O–H groups in total. The summed E-state index contributed by atoms with van der Waals surface area (Å²) in [6, 6.07) is 12.5. The second kappa shape index (κ2) is 11.6. The van der Waals surface area contributed by atoms with Crippen molar-refractivity contribution >= 4 is 52.2 Å². The molecule has 1 aliphatic carbocycles. The standard InChI is InChI=1S/C22H29N5O2S.HI/c1-23-22(27-11-9-26(10-12-27)21-6-3-13-30-21)24-15-17-4-2-5-19(14-17)29-16-20(28)25-18-7-8-18;/h2-6,13-14,18H,7-12,15-16H2,1H3,(H,23,24)(H,25,28);1H. The second-order valence-electron chi connectivity index (χ2n) is 7.60. The van der Waals surface area contributed by atoms with Gasteiger partial charge in [0.15, 0.2) is 12.6 Å². The van der Waals surface area contributed by atoms with Crippen LogP contribution in [0.1, 0.15) is 18.4 Å². The first-order valence-corrected chi connectivity index (χ1v) is 11.3. The van der Waals surface area contributed by atoms with Crippen molar-refractivity contribution in [1.29, 1.82) is 0 Å². The molecule has 2 fully saturated rings. The van der Waals surface area contributed by atoms with E-state index in [9.17, 15) is 4.79 Å². The number of benzene rings is 1. The van der Waals surface area contributed by atoms with Crippen molar-refractivity contribution in [1.82, 2.24) is 15.5 Å². The number of hydrogen-bond donors (Lipinski definition) is 2. The van der Waals surface area contributed by atoms with Gasteiger partial charge < -0.3 is 25.2 Å². The van der Waals surface area contributed by atoms with Gasteiger partial charge in [0.1, 0.15) is 5.75 Å². The van der Waals surface area contributed by atoms with E-state index in [0.29, 0.717) is 18.3 Å². The molecular weight excluding hydrogens is 525 g/mol. The van der Waals surface area contributed by atoms with Crippen LogP contribution in [-0.4, -0.2) is 62.6 Å². The lowest BCUT2D eigenvalue weighted by molar-refractivity contribution is -0.123. The molecule has 2 heterocycles. The van der Waals surface area contributed by atoms with Gasteiger partial charge in [-0.05, 0) is 48.1 Å². The van der Waals surface area contributed by atoms with E-state index in [1.807, 2.05) is 31.3 Å². The second-order valence-corrected chi connectivity index (χ2v) is 8.53. The van der Waals surface area contributed by atoms with Crippen LogP contribution in [-0.2, 0) is 11.3 Å². The highest BCUT2D eigenvalue weighted by Crippen LogP contribution is 2.22. The van der Waals surface area contributed by atoms with Crippen molar-refractivity contribution in [3.8, 4) is 5.75 Å². The number of amides is 1. The molecular formula is C22H30IN5O2S. The zero-order chi connectivity index (χ0) is 20.8. The predicted octanol–water partition coefficient (Wildman–Crippen LogP) is 2.92. The molecule has 31 heavy (non-hydrogen) atoms. The molecule has 1 aromatic heterocycles. The summed E-state index contributed by atoms with van der Waals surface area (Å²) in [7, 11) is 1.83. The number of anilines is 1. The minimum absolute atomic E-state index is 0. The Hall–Kier alpha value is -2.01. The maximum absolute atomic E-state index is 11.8. The van der Waals surface area contributed by atoms with Crippen LogP contribution in [0, 0.1) is 0 Å². The molecule has 4 rings (SSSR count). The highest BCUT2D eigenvalue weighted by atomic mass is 127. The Balaban J connectivity index is 0.00000272. The van der Waals surface area contributed by atoms with Crippen molar-refractivity contribution in [2.45, 2.75) is 25.4 Å². The van der Waals surface area contributed by atoms with Gasteiger partial charge in [-0.25, -0.2) is 0 Å².